The van der Waals surface area contributed by atoms with Gasteiger partial charge in [-0.25, -0.2) is 13.9 Å². The van der Waals surface area contributed by atoms with Crippen LogP contribution in [0, 0.1) is 11.8 Å². The fourth-order valence-electron chi connectivity index (χ4n) is 3.29. The second-order valence-corrected chi connectivity index (χ2v) is 11.2. The summed E-state index contributed by atoms with van der Waals surface area (Å²) in [5.74, 6) is 5.23. The molecule has 1 atom stereocenters. The van der Waals surface area contributed by atoms with E-state index in [9.17, 15) is 18.3 Å². The Bertz CT molecular complexity index is 1340. The van der Waals surface area contributed by atoms with Crippen molar-refractivity contribution >= 4 is 26.6 Å². The molecule has 3 aromatic rings. The number of amides is 1. The monoisotopic (exact) mass is 469 g/mol. The molecule has 0 bridgehead atoms. The number of carbonyl (C=O) groups excluding carboxylic acids is 1. The van der Waals surface area contributed by atoms with E-state index in [0.29, 0.717) is 5.52 Å². The average molecular weight is 470 g/mol. The minimum absolute atomic E-state index is 0.0560. The van der Waals surface area contributed by atoms with Crippen molar-refractivity contribution in [2.24, 2.45) is 0 Å². The fourth-order valence-corrected chi connectivity index (χ4v) is 4.13. The van der Waals surface area contributed by atoms with Gasteiger partial charge in [0.1, 0.15) is 0 Å². The van der Waals surface area contributed by atoms with Crippen LogP contribution >= 0.6 is 0 Å². The predicted octanol–water partition coefficient (Wildman–Crippen LogP) is 2.36. The van der Waals surface area contributed by atoms with Gasteiger partial charge in [0.05, 0.1) is 11.1 Å². The van der Waals surface area contributed by atoms with Gasteiger partial charge >= 0.3 is 0 Å². The Morgan fingerprint density at radius 1 is 1.09 bits per heavy atom. The molecule has 9 heteroatoms. The highest BCUT2D eigenvalue weighted by Crippen LogP contribution is 2.23. The van der Waals surface area contributed by atoms with E-state index >= 15 is 0 Å². The summed E-state index contributed by atoms with van der Waals surface area (Å²) in [6.45, 7) is 4.90. The molecular weight excluding hydrogens is 442 g/mol. The lowest BCUT2D eigenvalue weighted by atomic mass is 9.97. The molecule has 3 rings (SSSR count). The summed E-state index contributed by atoms with van der Waals surface area (Å²) in [5, 5.41) is 24.3. The first-order chi connectivity index (χ1) is 15.3. The molecule has 2 aromatic carbocycles. The molecule has 1 heterocycles. The summed E-state index contributed by atoms with van der Waals surface area (Å²) in [7, 11) is -3.77. The number of hydrogen-bond acceptors (Lipinski definition) is 6. The highest BCUT2D eigenvalue weighted by atomic mass is 32.2. The summed E-state index contributed by atoms with van der Waals surface area (Å²) >= 11 is 0. The first-order valence-electron chi connectivity index (χ1n) is 10.3. The zero-order chi connectivity index (χ0) is 24.4. The summed E-state index contributed by atoms with van der Waals surface area (Å²) in [4.78, 5) is 12.0. The third-order valence-electron chi connectivity index (χ3n) is 5.71. The second-order valence-electron chi connectivity index (χ2n) is 8.75. The van der Waals surface area contributed by atoms with E-state index in [1.807, 2.05) is 42.5 Å². The van der Waals surface area contributed by atoms with Crippen molar-refractivity contribution < 1.29 is 23.5 Å². The SMILES string of the molecule is CC(C)(O)c1ccc(C#Cc2ccc3nn(CC[C@](C)(C(=O)NO)S(C)(=O)=O)cc3c2)cc1. The standard InChI is InChI=1S/C24H27N3O5S/c1-23(2,29)20-10-7-17(8-11-20)5-6-18-9-12-21-19(15-18)16-27(25-21)14-13-24(3,22(28)26-30)33(4,31)32/h7-12,15-16,29-30H,13-14H2,1-4H3,(H,26,28)/t24-/m1/s1. The number of carbonyl (C=O) groups is 1. The van der Waals surface area contributed by atoms with Crippen LogP contribution in [0.1, 0.15) is 43.9 Å². The Kier molecular flexibility index (Phi) is 6.65. The molecule has 0 aliphatic carbocycles. The van der Waals surface area contributed by atoms with Gasteiger partial charge in [0.2, 0.25) is 0 Å². The summed E-state index contributed by atoms with van der Waals surface area (Å²) in [6, 6.07) is 13.0. The van der Waals surface area contributed by atoms with Crippen molar-refractivity contribution in [2.45, 2.75) is 44.1 Å². The van der Waals surface area contributed by atoms with Gasteiger partial charge < -0.3 is 5.11 Å². The van der Waals surface area contributed by atoms with Crippen molar-refractivity contribution in [3.05, 3.63) is 65.4 Å². The zero-order valence-electron chi connectivity index (χ0n) is 19.0. The van der Waals surface area contributed by atoms with Crippen LogP contribution in [0.15, 0.2) is 48.7 Å². The van der Waals surface area contributed by atoms with Crippen LogP contribution in [0.25, 0.3) is 10.9 Å². The number of aliphatic hydroxyl groups is 1. The van der Waals surface area contributed by atoms with Gasteiger partial charge in [-0.2, -0.15) is 5.10 Å². The van der Waals surface area contributed by atoms with Gasteiger partial charge in [-0.3, -0.25) is 14.7 Å². The van der Waals surface area contributed by atoms with Gasteiger partial charge in [0, 0.05) is 35.5 Å². The highest BCUT2D eigenvalue weighted by molar-refractivity contribution is 7.92. The van der Waals surface area contributed by atoms with Gasteiger partial charge in [-0.05, 0) is 63.1 Å². The fraction of sp³-hybridized carbons (Fsp3) is 0.333. The molecule has 0 unspecified atom stereocenters. The number of fused-ring (bicyclic) bond motifs is 1. The molecule has 1 amide bonds. The average Bonchev–Trinajstić information content (AvgIpc) is 3.16. The smallest absolute Gasteiger partial charge is 0.264 e. The molecular formula is C24H27N3O5S. The second kappa shape index (κ2) is 8.98. The summed E-state index contributed by atoms with van der Waals surface area (Å²) in [5.41, 5.74) is 3.67. The number of nitrogens with one attached hydrogen (secondary N) is 1. The van der Waals surface area contributed by atoms with Gasteiger partial charge in [-0.15, -0.1) is 0 Å². The van der Waals surface area contributed by atoms with E-state index in [0.717, 1.165) is 28.3 Å². The predicted molar refractivity (Wildman–Crippen MR) is 125 cm³/mol. The van der Waals surface area contributed by atoms with Gasteiger partial charge in [-0.1, -0.05) is 24.0 Å². The van der Waals surface area contributed by atoms with E-state index in [1.54, 1.807) is 24.7 Å². The molecule has 0 fully saturated rings. The van der Waals surface area contributed by atoms with Crippen molar-refractivity contribution in [1.82, 2.24) is 15.3 Å². The molecule has 1 aromatic heterocycles. The lowest BCUT2D eigenvalue weighted by Crippen LogP contribution is -2.49. The minimum atomic E-state index is -3.77. The van der Waals surface area contributed by atoms with Crippen molar-refractivity contribution in [3.63, 3.8) is 0 Å². The molecule has 0 radical (unpaired) electrons. The number of rotatable bonds is 6. The van der Waals surface area contributed by atoms with E-state index < -0.39 is 26.1 Å². The van der Waals surface area contributed by atoms with E-state index in [-0.39, 0.29) is 13.0 Å². The number of nitrogens with zero attached hydrogens (tertiary/aromatic N) is 2. The van der Waals surface area contributed by atoms with E-state index in [2.05, 4.69) is 16.9 Å². The number of hydroxylamine groups is 1. The maximum absolute atomic E-state index is 12.1. The molecule has 0 aliphatic heterocycles. The van der Waals surface area contributed by atoms with Crippen LogP contribution in [0.3, 0.4) is 0 Å². The number of aromatic nitrogens is 2. The molecule has 0 aliphatic rings. The van der Waals surface area contributed by atoms with Crippen LogP contribution in [0.5, 0.6) is 0 Å². The van der Waals surface area contributed by atoms with Crippen molar-refractivity contribution in [3.8, 4) is 11.8 Å². The topological polar surface area (TPSA) is 122 Å². The van der Waals surface area contributed by atoms with Crippen LogP contribution < -0.4 is 5.48 Å². The third-order valence-corrected chi connectivity index (χ3v) is 7.74. The quantitative estimate of drug-likeness (QED) is 0.289. The highest BCUT2D eigenvalue weighted by Gasteiger charge is 2.43. The Labute approximate surface area is 193 Å². The van der Waals surface area contributed by atoms with Crippen molar-refractivity contribution in [1.29, 1.82) is 0 Å². The number of aryl methyl sites for hydroxylation is 1. The zero-order valence-corrected chi connectivity index (χ0v) is 19.8. The van der Waals surface area contributed by atoms with E-state index in [1.165, 1.54) is 12.4 Å². The Morgan fingerprint density at radius 3 is 2.27 bits per heavy atom. The van der Waals surface area contributed by atoms with Crippen LogP contribution in [-0.2, 0) is 26.8 Å². The molecule has 0 saturated heterocycles. The summed E-state index contributed by atoms with van der Waals surface area (Å²) in [6.07, 6.45) is 2.67. The molecule has 0 saturated carbocycles. The lowest BCUT2D eigenvalue weighted by molar-refractivity contribution is -0.131. The van der Waals surface area contributed by atoms with Gasteiger partial charge in [0.15, 0.2) is 14.6 Å². The Balaban J connectivity index is 1.79. The largest absolute Gasteiger partial charge is 0.386 e. The Hall–Kier alpha value is -3.19. The van der Waals surface area contributed by atoms with Gasteiger partial charge in [0.25, 0.3) is 5.91 Å². The molecule has 33 heavy (non-hydrogen) atoms. The molecule has 174 valence electrons. The Morgan fingerprint density at radius 2 is 1.70 bits per heavy atom. The maximum Gasteiger partial charge on any atom is 0.264 e. The van der Waals surface area contributed by atoms with Crippen LogP contribution in [-0.4, -0.2) is 45.4 Å². The van der Waals surface area contributed by atoms with Crippen molar-refractivity contribution in [2.75, 3.05) is 6.26 Å². The first kappa shape index (κ1) is 24.5. The number of hydrogen-bond donors (Lipinski definition) is 3. The molecule has 3 N–H and O–H groups in total. The maximum atomic E-state index is 12.1. The number of benzene rings is 2. The molecule has 0 spiro atoms. The van der Waals surface area contributed by atoms with E-state index in [4.69, 9.17) is 5.21 Å². The minimum Gasteiger partial charge on any atom is -0.386 e. The first-order valence-corrected chi connectivity index (χ1v) is 12.2. The number of sulfone groups is 1. The summed E-state index contributed by atoms with van der Waals surface area (Å²) < 4.78 is 24.0. The van der Waals surface area contributed by atoms with Crippen LogP contribution in [0.2, 0.25) is 0 Å². The normalized spacial score (nSPS) is 13.8. The lowest BCUT2D eigenvalue weighted by Gasteiger charge is -2.24. The molecule has 8 nitrogen and oxygen atoms in total. The third kappa shape index (κ3) is 5.42. The van der Waals surface area contributed by atoms with Crippen LogP contribution in [0.4, 0.5) is 0 Å².